The zero-order chi connectivity index (χ0) is 25.1. The summed E-state index contributed by atoms with van der Waals surface area (Å²) in [4.78, 5) is 40.4. The van der Waals surface area contributed by atoms with E-state index < -0.39 is 23.6 Å². The van der Waals surface area contributed by atoms with E-state index in [-0.39, 0.29) is 60.8 Å². The summed E-state index contributed by atoms with van der Waals surface area (Å²) in [6, 6.07) is 7.27. The molecule has 1 aliphatic rings. The molecule has 0 saturated carbocycles. The molecule has 1 aliphatic heterocycles. The number of hydrogen-bond acceptors (Lipinski definition) is 5. The Morgan fingerprint density at radius 2 is 1.89 bits per heavy atom. The maximum Gasteiger partial charge on any atom is 0.257 e. The average Bonchev–Trinajstić information content (AvgIpc) is 3.25. The van der Waals surface area contributed by atoms with E-state index in [1.165, 1.54) is 28.9 Å². The Morgan fingerprint density at radius 3 is 2.54 bits per heavy atom. The Balaban J connectivity index is 1.58. The third-order valence-electron chi connectivity index (χ3n) is 5.99. The first-order valence-corrected chi connectivity index (χ1v) is 11.1. The van der Waals surface area contributed by atoms with Crippen molar-refractivity contribution in [3.63, 3.8) is 0 Å². The number of nitrogens with zero attached hydrogens (tertiary/aromatic N) is 2. The second-order valence-corrected chi connectivity index (χ2v) is 8.32. The minimum absolute atomic E-state index is 0.139. The SMILES string of the molecule is COc1cc(=O)n2c(c1C(=O)NC(C)c1ccco1)CCN(C(=O)Cc1cc(F)cc(F)c1)CC2. The minimum atomic E-state index is -0.755. The smallest absolute Gasteiger partial charge is 0.257 e. The molecule has 4 rings (SSSR count). The Hall–Kier alpha value is -3.95. The topological polar surface area (TPSA) is 93.8 Å². The molecule has 8 nitrogen and oxygen atoms in total. The highest BCUT2D eigenvalue weighted by atomic mass is 19.1. The van der Waals surface area contributed by atoms with E-state index in [0.29, 0.717) is 11.5 Å². The first kappa shape index (κ1) is 24.2. The van der Waals surface area contributed by atoms with E-state index in [1.54, 1.807) is 19.1 Å². The van der Waals surface area contributed by atoms with Gasteiger partial charge in [-0.05, 0) is 36.8 Å². The van der Waals surface area contributed by atoms with Gasteiger partial charge in [0.05, 0.1) is 25.8 Å². The van der Waals surface area contributed by atoms with Gasteiger partial charge in [0, 0.05) is 43.9 Å². The quantitative estimate of drug-likeness (QED) is 0.580. The van der Waals surface area contributed by atoms with Gasteiger partial charge in [-0.15, -0.1) is 0 Å². The highest BCUT2D eigenvalue weighted by molar-refractivity contribution is 5.98. The zero-order valence-electron chi connectivity index (χ0n) is 19.3. The van der Waals surface area contributed by atoms with Gasteiger partial charge in [0.2, 0.25) is 5.91 Å². The van der Waals surface area contributed by atoms with Crippen LogP contribution in [0.15, 0.2) is 51.9 Å². The van der Waals surface area contributed by atoms with Crippen molar-refractivity contribution in [3.8, 4) is 5.75 Å². The number of nitrogens with one attached hydrogen (secondary N) is 1. The average molecular weight is 485 g/mol. The second kappa shape index (κ2) is 10.1. The Bertz CT molecular complexity index is 1280. The molecule has 0 bridgehead atoms. The van der Waals surface area contributed by atoms with Crippen LogP contribution in [-0.2, 0) is 24.2 Å². The van der Waals surface area contributed by atoms with Crippen LogP contribution in [0.5, 0.6) is 5.75 Å². The highest BCUT2D eigenvalue weighted by Gasteiger charge is 2.27. The van der Waals surface area contributed by atoms with Gasteiger partial charge in [-0.2, -0.15) is 0 Å². The summed E-state index contributed by atoms with van der Waals surface area (Å²) in [5, 5.41) is 2.86. The molecule has 0 saturated heterocycles. The van der Waals surface area contributed by atoms with Crippen molar-refractivity contribution in [2.45, 2.75) is 32.4 Å². The fraction of sp³-hybridized carbons (Fsp3) is 0.320. The molecule has 0 fully saturated rings. The van der Waals surface area contributed by atoms with Crippen molar-refractivity contribution in [2.24, 2.45) is 0 Å². The molecule has 1 atom stereocenters. The van der Waals surface area contributed by atoms with Crippen LogP contribution in [0.25, 0.3) is 0 Å². The molecule has 1 aromatic carbocycles. The van der Waals surface area contributed by atoms with Gasteiger partial charge in [0.25, 0.3) is 11.5 Å². The molecule has 0 aliphatic carbocycles. The third kappa shape index (κ3) is 5.26. The van der Waals surface area contributed by atoms with Crippen molar-refractivity contribution >= 4 is 11.8 Å². The van der Waals surface area contributed by atoms with Crippen molar-refractivity contribution < 1.29 is 27.5 Å². The normalized spacial score (nSPS) is 14.1. The predicted molar refractivity (Wildman–Crippen MR) is 122 cm³/mol. The first-order valence-electron chi connectivity index (χ1n) is 11.1. The lowest BCUT2D eigenvalue weighted by molar-refractivity contribution is -0.130. The molecule has 1 N–H and O–H groups in total. The Morgan fingerprint density at radius 1 is 1.14 bits per heavy atom. The first-order chi connectivity index (χ1) is 16.8. The van der Waals surface area contributed by atoms with Crippen LogP contribution in [0, 0.1) is 11.6 Å². The minimum Gasteiger partial charge on any atom is -0.496 e. The molecule has 0 spiro atoms. The summed E-state index contributed by atoms with van der Waals surface area (Å²) in [5.41, 5.74) is 0.534. The van der Waals surface area contributed by atoms with Gasteiger partial charge in [-0.3, -0.25) is 14.4 Å². The monoisotopic (exact) mass is 485 g/mol. The highest BCUT2D eigenvalue weighted by Crippen LogP contribution is 2.24. The lowest BCUT2D eigenvalue weighted by atomic mass is 10.1. The molecule has 35 heavy (non-hydrogen) atoms. The zero-order valence-corrected chi connectivity index (χ0v) is 19.3. The number of hydrogen-bond donors (Lipinski definition) is 1. The van der Waals surface area contributed by atoms with E-state index >= 15 is 0 Å². The lowest BCUT2D eigenvalue weighted by Gasteiger charge is -2.20. The van der Waals surface area contributed by atoms with Crippen molar-refractivity contribution in [1.82, 2.24) is 14.8 Å². The van der Waals surface area contributed by atoms with E-state index in [4.69, 9.17) is 9.15 Å². The Labute approximate surface area is 200 Å². The number of benzene rings is 1. The van der Waals surface area contributed by atoms with Crippen LogP contribution in [0.3, 0.4) is 0 Å². The molecule has 184 valence electrons. The maximum atomic E-state index is 13.5. The fourth-order valence-corrected chi connectivity index (χ4v) is 4.28. The number of carbonyl (C=O) groups excluding carboxylic acids is 2. The third-order valence-corrected chi connectivity index (χ3v) is 5.99. The van der Waals surface area contributed by atoms with Crippen LogP contribution in [0.4, 0.5) is 8.78 Å². The number of ether oxygens (including phenoxy) is 1. The van der Waals surface area contributed by atoms with Crippen LogP contribution in [0.1, 0.15) is 40.3 Å². The maximum absolute atomic E-state index is 13.5. The van der Waals surface area contributed by atoms with E-state index in [0.717, 1.165) is 18.2 Å². The number of methoxy groups -OCH3 is 1. The lowest BCUT2D eigenvalue weighted by Crippen LogP contribution is -2.35. The van der Waals surface area contributed by atoms with E-state index in [9.17, 15) is 23.2 Å². The van der Waals surface area contributed by atoms with E-state index in [2.05, 4.69) is 5.32 Å². The summed E-state index contributed by atoms with van der Waals surface area (Å²) in [7, 11) is 1.38. The van der Waals surface area contributed by atoms with Crippen molar-refractivity contribution in [1.29, 1.82) is 0 Å². The molecule has 1 unspecified atom stereocenters. The van der Waals surface area contributed by atoms with Gasteiger partial charge in [0.1, 0.15) is 28.7 Å². The summed E-state index contributed by atoms with van der Waals surface area (Å²) in [5.74, 6) is -1.57. The number of amides is 2. The van der Waals surface area contributed by atoms with Crippen LogP contribution >= 0.6 is 0 Å². The van der Waals surface area contributed by atoms with Crippen LogP contribution in [-0.4, -0.2) is 41.5 Å². The molecule has 3 aromatic rings. The van der Waals surface area contributed by atoms with Crippen molar-refractivity contribution in [3.05, 3.63) is 87.2 Å². The number of aromatic nitrogens is 1. The number of carbonyl (C=O) groups is 2. The number of halogens is 2. The molecule has 0 radical (unpaired) electrons. The largest absolute Gasteiger partial charge is 0.496 e. The molecular weight excluding hydrogens is 460 g/mol. The van der Waals surface area contributed by atoms with Crippen LogP contribution < -0.4 is 15.6 Å². The summed E-state index contributed by atoms with van der Waals surface area (Å²) in [6.07, 6.45) is 1.54. The predicted octanol–water partition coefficient (Wildman–Crippen LogP) is 2.85. The molecule has 3 heterocycles. The molecular formula is C25H25F2N3O5. The van der Waals surface area contributed by atoms with Gasteiger partial charge in [-0.25, -0.2) is 8.78 Å². The van der Waals surface area contributed by atoms with Crippen molar-refractivity contribution in [2.75, 3.05) is 20.2 Å². The summed E-state index contributed by atoms with van der Waals surface area (Å²) < 4.78 is 39.2. The van der Waals surface area contributed by atoms with Gasteiger partial charge >= 0.3 is 0 Å². The van der Waals surface area contributed by atoms with Gasteiger partial charge in [0.15, 0.2) is 0 Å². The standard InChI is InChI=1S/C25H25F2N3O5/c1-15(20-4-3-9-35-20)28-25(33)24-19-5-6-29(7-8-30(19)23(32)14-21(24)34-2)22(31)12-16-10-17(26)13-18(27)11-16/h3-4,9-11,13-15H,5-8,12H2,1-2H3,(H,28,33). The number of rotatable bonds is 6. The molecule has 2 aromatic heterocycles. The molecule has 10 heteroatoms. The number of fused-ring (bicyclic) bond motifs is 1. The van der Waals surface area contributed by atoms with Gasteiger partial charge < -0.3 is 23.9 Å². The molecule has 2 amide bonds. The summed E-state index contributed by atoms with van der Waals surface area (Å²) in [6.45, 7) is 2.36. The number of furan rings is 1. The fourth-order valence-electron chi connectivity index (χ4n) is 4.28. The second-order valence-electron chi connectivity index (χ2n) is 8.32. The Kier molecular flexibility index (Phi) is 6.99. The summed E-state index contributed by atoms with van der Waals surface area (Å²) >= 11 is 0. The van der Waals surface area contributed by atoms with Crippen LogP contribution in [0.2, 0.25) is 0 Å². The van der Waals surface area contributed by atoms with E-state index in [1.807, 2.05) is 0 Å². The number of pyridine rings is 1. The van der Waals surface area contributed by atoms with Gasteiger partial charge in [-0.1, -0.05) is 0 Å².